The summed E-state index contributed by atoms with van der Waals surface area (Å²) < 4.78 is 9.38. The average Bonchev–Trinajstić information content (AvgIpc) is 3.80. The third-order valence-corrected chi connectivity index (χ3v) is 11.8. The number of hydrogen-bond donors (Lipinski definition) is 0. The van der Waals surface area contributed by atoms with Crippen LogP contribution in [0.3, 0.4) is 0 Å². The molecule has 0 N–H and O–H groups in total. The predicted molar refractivity (Wildman–Crippen MR) is 227 cm³/mol. The van der Waals surface area contributed by atoms with Crippen molar-refractivity contribution in [3.8, 4) is 22.3 Å². The quantitative estimate of drug-likeness (QED) is 0.167. The predicted octanol–water partition coefficient (Wildman–Crippen LogP) is 15.1. The van der Waals surface area contributed by atoms with Crippen molar-refractivity contribution >= 4 is 92.1 Å². The molecule has 11 aromatic rings. The molecule has 0 saturated carbocycles. The Labute approximate surface area is 310 Å². The number of benzene rings is 9. The second-order valence-corrected chi connectivity index (χ2v) is 14.8. The fourth-order valence-electron chi connectivity index (χ4n) is 8.15. The van der Waals surface area contributed by atoms with E-state index in [2.05, 4.69) is 193 Å². The molecule has 2 aromatic heterocycles. The first-order valence-corrected chi connectivity index (χ1v) is 18.8. The fraction of sp³-hybridized carbons (Fsp3) is 0. The molecular formula is C50H31NOS. The van der Waals surface area contributed by atoms with Gasteiger partial charge in [-0.15, -0.1) is 11.3 Å². The van der Waals surface area contributed by atoms with Crippen LogP contribution in [0.5, 0.6) is 0 Å². The van der Waals surface area contributed by atoms with E-state index >= 15 is 0 Å². The summed E-state index contributed by atoms with van der Waals surface area (Å²) in [6.45, 7) is 0. The lowest BCUT2D eigenvalue weighted by atomic mass is 9.98. The summed E-state index contributed by atoms with van der Waals surface area (Å²) in [5.41, 5.74) is 9.69. The highest BCUT2D eigenvalue weighted by atomic mass is 32.1. The molecule has 0 atom stereocenters. The van der Waals surface area contributed by atoms with E-state index in [1.807, 2.05) is 11.3 Å². The lowest BCUT2D eigenvalue weighted by Crippen LogP contribution is -2.09. The van der Waals surface area contributed by atoms with E-state index in [1.54, 1.807) is 0 Å². The molecule has 248 valence electrons. The Hall–Kier alpha value is -6.68. The van der Waals surface area contributed by atoms with Crippen LogP contribution in [0.2, 0.25) is 0 Å². The van der Waals surface area contributed by atoms with Gasteiger partial charge in [0.2, 0.25) is 0 Å². The van der Waals surface area contributed by atoms with Crippen LogP contribution >= 0.6 is 11.3 Å². The molecule has 0 aliphatic heterocycles. The van der Waals surface area contributed by atoms with Gasteiger partial charge in [-0.05, 0) is 86.8 Å². The number of fused-ring (bicyclic) bond motifs is 9. The van der Waals surface area contributed by atoms with Crippen molar-refractivity contribution in [3.63, 3.8) is 0 Å². The van der Waals surface area contributed by atoms with E-state index in [-0.39, 0.29) is 0 Å². The van der Waals surface area contributed by atoms with Gasteiger partial charge in [0.1, 0.15) is 11.2 Å². The van der Waals surface area contributed by atoms with Crippen LogP contribution in [0.1, 0.15) is 0 Å². The summed E-state index contributed by atoms with van der Waals surface area (Å²) in [5, 5.41) is 9.81. The number of rotatable bonds is 5. The molecule has 9 aromatic carbocycles. The maximum Gasteiger partial charge on any atom is 0.143 e. The van der Waals surface area contributed by atoms with Gasteiger partial charge in [0.25, 0.3) is 0 Å². The lowest BCUT2D eigenvalue weighted by molar-refractivity contribution is 0.670. The molecule has 0 unspecified atom stereocenters. The van der Waals surface area contributed by atoms with Crippen molar-refractivity contribution in [3.05, 3.63) is 188 Å². The van der Waals surface area contributed by atoms with Gasteiger partial charge >= 0.3 is 0 Å². The van der Waals surface area contributed by atoms with Crippen molar-refractivity contribution in [2.24, 2.45) is 0 Å². The molecule has 2 nitrogen and oxygen atoms in total. The van der Waals surface area contributed by atoms with Crippen molar-refractivity contribution in [1.29, 1.82) is 0 Å². The van der Waals surface area contributed by atoms with Crippen LogP contribution in [0.15, 0.2) is 192 Å². The standard InChI is InChI=1S/C50H31NOS/c1-2-10-32(11-3-1)41-16-8-17-43-42-29-28-38(31-46(42)52-50(41)43)51(37-27-24-35-21-20-33-12-4-5-13-39(33)45(35)30-37)36-25-22-34(23-26-36)40-15-9-19-48-49(40)44-14-6-7-18-47(44)53-48/h1-31H. The summed E-state index contributed by atoms with van der Waals surface area (Å²) in [7, 11) is 0. The highest BCUT2D eigenvalue weighted by molar-refractivity contribution is 7.25. The third kappa shape index (κ3) is 4.86. The minimum absolute atomic E-state index is 0.866. The molecule has 0 amide bonds. The van der Waals surface area contributed by atoms with Crippen LogP contribution < -0.4 is 4.90 Å². The molecular weight excluding hydrogens is 663 g/mol. The normalized spacial score (nSPS) is 11.8. The zero-order valence-electron chi connectivity index (χ0n) is 28.7. The Morgan fingerprint density at radius 3 is 1.89 bits per heavy atom. The van der Waals surface area contributed by atoms with Gasteiger partial charge in [-0.2, -0.15) is 0 Å². The molecule has 0 aliphatic rings. The van der Waals surface area contributed by atoms with Gasteiger partial charge in [0, 0.05) is 59.6 Å². The van der Waals surface area contributed by atoms with Crippen LogP contribution in [0.25, 0.3) is 85.9 Å². The van der Waals surface area contributed by atoms with Gasteiger partial charge in [0.05, 0.1) is 0 Å². The van der Waals surface area contributed by atoms with E-state index in [0.717, 1.165) is 50.1 Å². The van der Waals surface area contributed by atoms with E-state index in [9.17, 15) is 0 Å². The molecule has 0 saturated heterocycles. The fourth-order valence-corrected chi connectivity index (χ4v) is 9.28. The summed E-state index contributed by atoms with van der Waals surface area (Å²) in [4.78, 5) is 2.36. The van der Waals surface area contributed by atoms with Crippen LogP contribution in [0, 0.1) is 0 Å². The smallest absolute Gasteiger partial charge is 0.143 e. The highest BCUT2D eigenvalue weighted by Crippen LogP contribution is 2.44. The van der Waals surface area contributed by atoms with Gasteiger partial charge in [0.15, 0.2) is 0 Å². The SMILES string of the molecule is c1ccc(-c2cccc3c2oc2cc(N(c4ccc(-c5cccc6sc7ccccc7c56)cc4)c4ccc5ccc6ccccc6c5c4)ccc23)cc1. The van der Waals surface area contributed by atoms with Crippen molar-refractivity contribution in [1.82, 2.24) is 0 Å². The largest absolute Gasteiger partial charge is 0.455 e. The van der Waals surface area contributed by atoms with Crippen LogP contribution in [0.4, 0.5) is 17.1 Å². The Bertz CT molecular complexity index is 3170. The number of nitrogens with zero attached hydrogens (tertiary/aromatic N) is 1. The number of anilines is 3. The maximum absolute atomic E-state index is 6.75. The third-order valence-electron chi connectivity index (χ3n) is 10.7. The minimum atomic E-state index is 0.866. The van der Waals surface area contributed by atoms with Crippen molar-refractivity contribution in [2.45, 2.75) is 0 Å². The Kier molecular flexibility index (Phi) is 6.76. The molecule has 3 heteroatoms. The number of thiophene rings is 1. The van der Waals surface area contributed by atoms with Crippen LogP contribution in [-0.4, -0.2) is 0 Å². The van der Waals surface area contributed by atoms with Gasteiger partial charge in [-0.25, -0.2) is 0 Å². The van der Waals surface area contributed by atoms with Crippen molar-refractivity contribution in [2.75, 3.05) is 4.90 Å². The topological polar surface area (TPSA) is 16.4 Å². The van der Waals surface area contributed by atoms with Crippen LogP contribution in [-0.2, 0) is 0 Å². The average molecular weight is 694 g/mol. The van der Waals surface area contributed by atoms with E-state index < -0.39 is 0 Å². The second-order valence-electron chi connectivity index (χ2n) is 13.7. The zero-order valence-corrected chi connectivity index (χ0v) is 29.5. The number of para-hydroxylation sites is 1. The number of furan rings is 1. The molecule has 0 spiro atoms. The molecule has 0 fully saturated rings. The van der Waals surface area contributed by atoms with Gasteiger partial charge < -0.3 is 9.32 Å². The minimum Gasteiger partial charge on any atom is -0.455 e. The Morgan fingerprint density at radius 2 is 1.00 bits per heavy atom. The molecule has 0 radical (unpaired) electrons. The van der Waals surface area contributed by atoms with E-state index in [1.165, 1.54) is 52.8 Å². The van der Waals surface area contributed by atoms with Gasteiger partial charge in [-0.3, -0.25) is 0 Å². The summed E-state index contributed by atoms with van der Waals surface area (Å²) >= 11 is 1.86. The molecule has 53 heavy (non-hydrogen) atoms. The highest BCUT2D eigenvalue weighted by Gasteiger charge is 2.19. The summed E-state index contributed by atoms with van der Waals surface area (Å²) in [6.07, 6.45) is 0. The first-order valence-electron chi connectivity index (χ1n) is 18.0. The van der Waals surface area contributed by atoms with E-state index in [0.29, 0.717) is 0 Å². The molecule has 11 rings (SSSR count). The first-order chi connectivity index (χ1) is 26.3. The Morgan fingerprint density at radius 1 is 0.377 bits per heavy atom. The first kappa shape index (κ1) is 30.0. The monoisotopic (exact) mass is 693 g/mol. The second kappa shape index (κ2) is 11.9. The van der Waals surface area contributed by atoms with E-state index in [4.69, 9.17) is 4.42 Å². The maximum atomic E-state index is 6.75. The molecule has 0 aliphatic carbocycles. The lowest BCUT2D eigenvalue weighted by Gasteiger charge is -2.26. The Balaban J connectivity index is 1.09. The zero-order chi connectivity index (χ0) is 34.9. The summed E-state index contributed by atoms with van der Waals surface area (Å²) in [6, 6.07) is 67.9. The summed E-state index contributed by atoms with van der Waals surface area (Å²) in [5.74, 6) is 0. The molecule has 0 bridgehead atoms. The number of hydrogen-bond acceptors (Lipinski definition) is 3. The van der Waals surface area contributed by atoms with Gasteiger partial charge in [-0.1, -0.05) is 133 Å². The van der Waals surface area contributed by atoms with Crippen molar-refractivity contribution < 1.29 is 4.42 Å². The molecule has 2 heterocycles.